The summed E-state index contributed by atoms with van der Waals surface area (Å²) in [6.45, 7) is 6.44. The fourth-order valence-electron chi connectivity index (χ4n) is 3.15. The maximum absolute atomic E-state index is 12.6. The van der Waals surface area contributed by atoms with Gasteiger partial charge in [0.25, 0.3) is 5.91 Å². The maximum atomic E-state index is 12.6. The molecule has 0 fully saturated rings. The van der Waals surface area contributed by atoms with E-state index >= 15 is 0 Å². The molecule has 7 nitrogen and oxygen atoms in total. The minimum absolute atomic E-state index is 0.000606. The Balaban J connectivity index is 1.66. The van der Waals surface area contributed by atoms with Gasteiger partial charge in [0, 0.05) is 17.7 Å². The topological polar surface area (TPSA) is 86.1 Å². The van der Waals surface area contributed by atoms with Crippen molar-refractivity contribution >= 4 is 23.5 Å². The number of thioether (sulfide) groups is 1. The number of nitrogens with zero attached hydrogens (tertiary/aromatic N) is 3. The Hall–Kier alpha value is -3.13. The van der Waals surface area contributed by atoms with Gasteiger partial charge in [0.2, 0.25) is 0 Å². The van der Waals surface area contributed by atoms with Crippen LogP contribution in [0.5, 0.6) is 5.75 Å². The molecule has 1 N–H and O–H groups in total. The molecule has 0 spiro atoms. The monoisotopic (exact) mass is 438 g/mol. The van der Waals surface area contributed by atoms with E-state index in [1.54, 1.807) is 37.4 Å². The van der Waals surface area contributed by atoms with Crippen molar-refractivity contribution < 1.29 is 14.3 Å². The number of hydrogen-bond donors (Lipinski definition) is 1. The molecule has 0 unspecified atom stereocenters. The van der Waals surface area contributed by atoms with Crippen molar-refractivity contribution in [2.45, 2.75) is 38.5 Å². The molecule has 3 aromatic rings. The van der Waals surface area contributed by atoms with Crippen LogP contribution in [0.4, 0.5) is 0 Å². The molecule has 0 aliphatic rings. The highest BCUT2D eigenvalue weighted by Gasteiger charge is 2.20. The SMILES string of the molecule is CCn1c(SCC(=O)c2ccc(OC)cc2)nnc1[C@H](C)NC(=O)c1cccc(C)c1. The molecule has 3 rings (SSSR count). The molecular formula is C23H26N4O3S. The lowest BCUT2D eigenvalue weighted by Gasteiger charge is -2.15. The van der Waals surface area contributed by atoms with E-state index in [1.807, 2.05) is 43.5 Å². The Labute approximate surface area is 186 Å². The summed E-state index contributed by atoms with van der Waals surface area (Å²) in [6.07, 6.45) is 0. The first-order chi connectivity index (χ1) is 14.9. The van der Waals surface area contributed by atoms with Gasteiger partial charge in [-0.3, -0.25) is 9.59 Å². The quantitative estimate of drug-likeness (QED) is 0.400. The minimum Gasteiger partial charge on any atom is -0.497 e. The molecule has 8 heteroatoms. The summed E-state index contributed by atoms with van der Waals surface area (Å²) < 4.78 is 7.05. The first-order valence-corrected chi connectivity index (χ1v) is 11.0. The maximum Gasteiger partial charge on any atom is 0.251 e. The number of nitrogens with one attached hydrogen (secondary N) is 1. The van der Waals surface area contributed by atoms with Crippen LogP contribution in [0.2, 0.25) is 0 Å². The molecule has 0 aliphatic carbocycles. The van der Waals surface area contributed by atoms with Gasteiger partial charge in [-0.25, -0.2) is 0 Å². The first-order valence-electron chi connectivity index (χ1n) is 10.0. The Morgan fingerprint density at radius 1 is 1.13 bits per heavy atom. The van der Waals surface area contributed by atoms with Crippen LogP contribution in [-0.2, 0) is 6.54 Å². The number of amides is 1. The number of benzene rings is 2. The van der Waals surface area contributed by atoms with E-state index in [9.17, 15) is 9.59 Å². The third-order valence-electron chi connectivity index (χ3n) is 4.82. The zero-order valence-electron chi connectivity index (χ0n) is 18.1. The van der Waals surface area contributed by atoms with Crippen LogP contribution in [0, 0.1) is 6.92 Å². The van der Waals surface area contributed by atoms with Crippen molar-refractivity contribution in [3.63, 3.8) is 0 Å². The number of ketones is 1. The van der Waals surface area contributed by atoms with Crippen LogP contribution < -0.4 is 10.1 Å². The molecule has 0 aliphatic heterocycles. The highest BCUT2D eigenvalue weighted by molar-refractivity contribution is 7.99. The summed E-state index contributed by atoms with van der Waals surface area (Å²) in [5.74, 6) is 1.45. The molecule has 0 bridgehead atoms. The molecule has 2 aromatic carbocycles. The third-order valence-corrected chi connectivity index (χ3v) is 5.79. The number of methoxy groups -OCH3 is 1. The van der Waals surface area contributed by atoms with E-state index in [0.717, 1.165) is 5.56 Å². The van der Waals surface area contributed by atoms with Crippen molar-refractivity contribution in [1.82, 2.24) is 20.1 Å². The van der Waals surface area contributed by atoms with Crippen LogP contribution in [0.15, 0.2) is 53.7 Å². The number of carbonyl (C=O) groups excluding carboxylic acids is 2. The third kappa shape index (κ3) is 5.52. The van der Waals surface area contributed by atoms with Gasteiger partial charge >= 0.3 is 0 Å². The minimum atomic E-state index is -0.327. The van der Waals surface area contributed by atoms with Crippen LogP contribution >= 0.6 is 11.8 Å². The number of hydrogen-bond acceptors (Lipinski definition) is 6. The number of Topliss-reactive ketones (excluding diaryl/α,β-unsaturated/α-hetero) is 1. The Bertz CT molecular complexity index is 1060. The number of aryl methyl sites for hydroxylation is 1. The summed E-state index contributed by atoms with van der Waals surface area (Å²) in [4.78, 5) is 25.1. The van der Waals surface area contributed by atoms with E-state index in [-0.39, 0.29) is 23.5 Å². The van der Waals surface area contributed by atoms with E-state index in [0.29, 0.717) is 34.4 Å². The highest BCUT2D eigenvalue weighted by Crippen LogP contribution is 2.22. The predicted molar refractivity (Wildman–Crippen MR) is 121 cm³/mol. The zero-order valence-corrected chi connectivity index (χ0v) is 18.9. The van der Waals surface area contributed by atoms with Crippen molar-refractivity contribution in [1.29, 1.82) is 0 Å². The van der Waals surface area contributed by atoms with Gasteiger partial charge in [-0.2, -0.15) is 0 Å². The van der Waals surface area contributed by atoms with Crippen molar-refractivity contribution in [3.8, 4) is 5.75 Å². The number of carbonyl (C=O) groups is 2. The number of ether oxygens (including phenoxy) is 1. The van der Waals surface area contributed by atoms with Crippen LogP contribution in [0.1, 0.15) is 52.0 Å². The van der Waals surface area contributed by atoms with Crippen LogP contribution in [0.25, 0.3) is 0 Å². The molecule has 162 valence electrons. The highest BCUT2D eigenvalue weighted by atomic mass is 32.2. The van der Waals surface area contributed by atoms with Crippen LogP contribution in [-0.4, -0.2) is 39.3 Å². The molecule has 1 atom stereocenters. The van der Waals surface area contributed by atoms with Gasteiger partial charge in [0.05, 0.1) is 18.9 Å². The van der Waals surface area contributed by atoms with Crippen molar-refractivity contribution in [2.75, 3.05) is 12.9 Å². The molecule has 0 radical (unpaired) electrons. The summed E-state index contributed by atoms with van der Waals surface area (Å²) in [6, 6.07) is 14.1. The second-order valence-corrected chi connectivity index (χ2v) is 8.03. The largest absolute Gasteiger partial charge is 0.497 e. The van der Waals surface area contributed by atoms with E-state index in [1.165, 1.54) is 11.8 Å². The predicted octanol–water partition coefficient (Wildman–Crippen LogP) is 4.08. The van der Waals surface area contributed by atoms with E-state index in [4.69, 9.17) is 4.74 Å². The van der Waals surface area contributed by atoms with Crippen molar-refractivity contribution in [2.24, 2.45) is 0 Å². The van der Waals surface area contributed by atoms with E-state index in [2.05, 4.69) is 15.5 Å². The van der Waals surface area contributed by atoms with Crippen LogP contribution in [0.3, 0.4) is 0 Å². The fourth-order valence-corrected chi connectivity index (χ4v) is 4.05. The lowest BCUT2D eigenvalue weighted by Crippen LogP contribution is -2.28. The second kappa shape index (κ2) is 10.3. The Kier molecular flexibility index (Phi) is 7.46. The van der Waals surface area contributed by atoms with Gasteiger partial charge in [-0.1, -0.05) is 29.5 Å². The fraction of sp³-hybridized carbons (Fsp3) is 0.304. The molecule has 0 saturated heterocycles. The van der Waals surface area contributed by atoms with Gasteiger partial charge in [-0.15, -0.1) is 10.2 Å². The lowest BCUT2D eigenvalue weighted by molar-refractivity contribution is 0.0936. The van der Waals surface area contributed by atoms with E-state index < -0.39 is 0 Å². The van der Waals surface area contributed by atoms with Gasteiger partial charge in [0.1, 0.15) is 5.75 Å². The molecule has 31 heavy (non-hydrogen) atoms. The molecule has 0 saturated carbocycles. The molecule has 1 aromatic heterocycles. The normalized spacial score (nSPS) is 11.7. The zero-order chi connectivity index (χ0) is 22.4. The molecule has 1 heterocycles. The average Bonchev–Trinajstić information content (AvgIpc) is 3.20. The number of aromatic nitrogens is 3. The first kappa shape index (κ1) is 22.6. The van der Waals surface area contributed by atoms with Crippen molar-refractivity contribution in [3.05, 3.63) is 71.0 Å². The molecular weight excluding hydrogens is 412 g/mol. The Morgan fingerprint density at radius 2 is 1.87 bits per heavy atom. The standard InChI is InChI=1S/C23H26N4O3S/c1-5-27-21(16(3)24-22(29)18-8-6-7-15(2)13-18)25-26-23(27)31-14-20(28)17-9-11-19(30-4)12-10-17/h6-13,16H,5,14H2,1-4H3,(H,24,29)/t16-/m0/s1. The van der Waals surface area contributed by atoms with Gasteiger partial charge in [-0.05, 0) is 57.2 Å². The summed E-state index contributed by atoms with van der Waals surface area (Å²) in [5, 5.41) is 12.1. The summed E-state index contributed by atoms with van der Waals surface area (Å²) in [7, 11) is 1.59. The lowest BCUT2D eigenvalue weighted by atomic mass is 10.1. The second-order valence-electron chi connectivity index (χ2n) is 7.09. The summed E-state index contributed by atoms with van der Waals surface area (Å²) >= 11 is 1.34. The van der Waals surface area contributed by atoms with Gasteiger partial charge in [0.15, 0.2) is 16.8 Å². The Morgan fingerprint density at radius 3 is 2.52 bits per heavy atom. The average molecular weight is 439 g/mol. The summed E-state index contributed by atoms with van der Waals surface area (Å²) in [5.41, 5.74) is 2.25. The number of rotatable bonds is 9. The van der Waals surface area contributed by atoms with Gasteiger partial charge < -0.3 is 14.6 Å². The molecule has 1 amide bonds. The smallest absolute Gasteiger partial charge is 0.251 e.